The number of carbonyl (C=O) groups is 1. The predicted molar refractivity (Wildman–Crippen MR) is 92.9 cm³/mol. The fourth-order valence-corrected chi connectivity index (χ4v) is 2.87. The van der Waals surface area contributed by atoms with E-state index in [1.165, 1.54) is 0 Å². The maximum absolute atomic E-state index is 12.0. The second-order valence-electron chi connectivity index (χ2n) is 5.66. The molecule has 2 aromatic rings. The van der Waals surface area contributed by atoms with Gasteiger partial charge in [-0.05, 0) is 37.1 Å². The summed E-state index contributed by atoms with van der Waals surface area (Å²) in [4.78, 5) is 12.0. The lowest BCUT2D eigenvalue weighted by Gasteiger charge is -2.15. The molecule has 1 unspecified atom stereocenters. The molecule has 2 N–H and O–H groups in total. The molecule has 0 saturated heterocycles. The van der Waals surface area contributed by atoms with Gasteiger partial charge in [-0.25, -0.2) is 8.42 Å². The van der Waals surface area contributed by atoms with Gasteiger partial charge in [-0.1, -0.05) is 12.1 Å². The molecule has 0 aliphatic carbocycles. The number of amides is 1. The second-order valence-corrected chi connectivity index (χ2v) is 7.41. The first-order valence-corrected chi connectivity index (χ1v) is 9.57. The Balaban J connectivity index is 1.85. The summed E-state index contributed by atoms with van der Waals surface area (Å²) in [6.45, 7) is 2.56. The van der Waals surface area contributed by atoms with Gasteiger partial charge in [-0.15, -0.1) is 0 Å². The van der Waals surface area contributed by atoms with Crippen LogP contribution >= 0.6 is 0 Å². The summed E-state index contributed by atoms with van der Waals surface area (Å²) in [5.41, 5.74) is 1.32. The van der Waals surface area contributed by atoms with E-state index < -0.39 is 10.0 Å². The van der Waals surface area contributed by atoms with E-state index in [1.54, 1.807) is 29.1 Å². The topological polar surface area (TPSA) is 93.1 Å². The molecule has 0 aliphatic heterocycles. The van der Waals surface area contributed by atoms with Crippen molar-refractivity contribution < 1.29 is 13.2 Å². The molecule has 1 heterocycles. The average Bonchev–Trinajstić information content (AvgIpc) is 2.99. The summed E-state index contributed by atoms with van der Waals surface area (Å²) >= 11 is 0. The number of nitrogens with one attached hydrogen (secondary N) is 2. The number of nitrogens with zero attached hydrogens (tertiary/aromatic N) is 2. The Bertz CT molecular complexity index is 772. The van der Waals surface area contributed by atoms with E-state index in [4.69, 9.17) is 0 Å². The highest BCUT2D eigenvalue weighted by Crippen LogP contribution is 2.18. The summed E-state index contributed by atoms with van der Waals surface area (Å²) in [5.74, 6) is -0.0452. The van der Waals surface area contributed by atoms with Crippen molar-refractivity contribution in [3.63, 3.8) is 0 Å². The van der Waals surface area contributed by atoms with Crippen LogP contribution in [0.4, 0.5) is 5.69 Å². The van der Waals surface area contributed by atoms with Gasteiger partial charge in [0.2, 0.25) is 15.9 Å². The van der Waals surface area contributed by atoms with Gasteiger partial charge >= 0.3 is 0 Å². The van der Waals surface area contributed by atoms with Crippen LogP contribution < -0.4 is 10.0 Å². The van der Waals surface area contributed by atoms with Crippen molar-refractivity contribution in [2.45, 2.75) is 32.4 Å². The number of benzene rings is 1. The van der Waals surface area contributed by atoms with Gasteiger partial charge in [-0.2, -0.15) is 5.10 Å². The zero-order valence-corrected chi connectivity index (χ0v) is 14.6. The van der Waals surface area contributed by atoms with Crippen molar-refractivity contribution in [1.29, 1.82) is 0 Å². The smallest absolute Gasteiger partial charge is 0.229 e. The number of hydrogen-bond acceptors (Lipinski definition) is 4. The van der Waals surface area contributed by atoms with Crippen molar-refractivity contribution in [3.8, 4) is 0 Å². The molecule has 24 heavy (non-hydrogen) atoms. The van der Waals surface area contributed by atoms with Crippen LogP contribution in [0.15, 0.2) is 42.7 Å². The zero-order valence-electron chi connectivity index (χ0n) is 13.8. The molecule has 1 amide bonds. The van der Waals surface area contributed by atoms with Gasteiger partial charge < -0.3 is 5.32 Å². The van der Waals surface area contributed by atoms with Crippen molar-refractivity contribution in [3.05, 3.63) is 48.3 Å². The summed E-state index contributed by atoms with van der Waals surface area (Å²) in [7, 11) is -3.32. The number of sulfonamides is 1. The minimum atomic E-state index is -3.32. The Hall–Kier alpha value is -2.35. The second kappa shape index (κ2) is 7.96. The van der Waals surface area contributed by atoms with Crippen LogP contribution in [-0.4, -0.2) is 30.4 Å². The Kier molecular flexibility index (Phi) is 5.97. The third-order valence-electron chi connectivity index (χ3n) is 3.42. The molecule has 0 aliphatic rings. The molecule has 8 heteroatoms. The van der Waals surface area contributed by atoms with Crippen LogP contribution in [0.5, 0.6) is 0 Å². The lowest BCUT2D eigenvalue weighted by molar-refractivity contribution is -0.121. The fourth-order valence-electron chi connectivity index (χ4n) is 2.32. The molecule has 0 radical (unpaired) electrons. The maximum atomic E-state index is 12.0. The maximum Gasteiger partial charge on any atom is 0.229 e. The third kappa shape index (κ3) is 6.04. The van der Waals surface area contributed by atoms with E-state index in [1.807, 2.05) is 25.3 Å². The molecule has 1 atom stereocenters. The molecule has 130 valence electrons. The van der Waals surface area contributed by atoms with Crippen molar-refractivity contribution in [2.24, 2.45) is 0 Å². The van der Waals surface area contributed by atoms with Gasteiger partial charge in [0.1, 0.15) is 0 Å². The highest BCUT2D eigenvalue weighted by atomic mass is 32.2. The van der Waals surface area contributed by atoms with Crippen molar-refractivity contribution in [2.75, 3.05) is 11.0 Å². The van der Waals surface area contributed by atoms with E-state index in [-0.39, 0.29) is 11.9 Å². The Morgan fingerprint density at radius 2 is 2.12 bits per heavy atom. The number of hydrogen-bond donors (Lipinski definition) is 2. The molecule has 0 fully saturated rings. The fraction of sp³-hybridized carbons (Fsp3) is 0.375. The quantitative estimate of drug-likeness (QED) is 0.760. The van der Waals surface area contributed by atoms with E-state index >= 15 is 0 Å². The number of aryl methyl sites for hydroxylation is 1. The minimum Gasteiger partial charge on any atom is -0.350 e. The standard InChI is InChI=1S/C16H22N4O3S/c1-13(14-6-3-7-15(12-14)19-24(2,22)23)18-16(21)8-4-10-20-11-5-9-17-20/h3,5-7,9,11-13,19H,4,8,10H2,1-2H3,(H,18,21). The van der Waals surface area contributed by atoms with Crippen LogP contribution in [0.25, 0.3) is 0 Å². The number of aromatic nitrogens is 2. The molecule has 2 rings (SSSR count). The summed E-state index contributed by atoms with van der Waals surface area (Å²) in [5, 5.41) is 7.01. The third-order valence-corrected chi connectivity index (χ3v) is 4.02. The highest BCUT2D eigenvalue weighted by Gasteiger charge is 2.11. The summed E-state index contributed by atoms with van der Waals surface area (Å²) in [6, 6.07) is 8.63. The van der Waals surface area contributed by atoms with E-state index in [0.717, 1.165) is 11.8 Å². The minimum absolute atomic E-state index is 0.0452. The Labute approximate surface area is 142 Å². The first-order chi connectivity index (χ1) is 11.3. The van der Waals surface area contributed by atoms with E-state index in [2.05, 4.69) is 15.1 Å². The molecule has 1 aromatic carbocycles. The Morgan fingerprint density at radius 1 is 1.33 bits per heavy atom. The largest absolute Gasteiger partial charge is 0.350 e. The van der Waals surface area contributed by atoms with Crippen molar-refractivity contribution >= 4 is 21.6 Å². The van der Waals surface area contributed by atoms with Crippen LogP contribution in [0, 0.1) is 0 Å². The van der Waals surface area contributed by atoms with E-state index in [0.29, 0.717) is 25.1 Å². The monoisotopic (exact) mass is 350 g/mol. The number of carbonyl (C=O) groups excluding carboxylic acids is 1. The average molecular weight is 350 g/mol. The zero-order chi connectivity index (χ0) is 17.6. The molecular formula is C16H22N4O3S. The first-order valence-electron chi connectivity index (χ1n) is 7.68. The van der Waals surface area contributed by atoms with Crippen LogP contribution in [0.1, 0.15) is 31.4 Å². The Morgan fingerprint density at radius 3 is 2.79 bits per heavy atom. The van der Waals surface area contributed by atoms with E-state index in [9.17, 15) is 13.2 Å². The van der Waals surface area contributed by atoms with Gasteiger partial charge in [0.25, 0.3) is 0 Å². The van der Waals surface area contributed by atoms with Crippen LogP contribution in [-0.2, 0) is 21.4 Å². The molecule has 0 spiro atoms. The molecule has 0 saturated carbocycles. The lowest BCUT2D eigenvalue weighted by atomic mass is 10.1. The lowest BCUT2D eigenvalue weighted by Crippen LogP contribution is -2.26. The molecule has 0 bridgehead atoms. The summed E-state index contributed by atoms with van der Waals surface area (Å²) < 4.78 is 26.8. The van der Waals surface area contributed by atoms with Gasteiger partial charge in [-0.3, -0.25) is 14.2 Å². The van der Waals surface area contributed by atoms with Gasteiger partial charge in [0.15, 0.2) is 0 Å². The van der Waals surface area contributed by atoms with Gasteiger partial charge in [0, 0.05) is 31.0 Å². The summed E-state index contributed by atoms with van der Waals surface area (Å²) in [6.07, 6.45) is 5.78. The van der Waals surface area contributed by atoms with Crippen LogP contribution in [0.2, 0.25) is 0 Å². The SMILES string of the molecule is CC(NC(=O)CCCn1cccn1)c1cccc(NS(C)(=O)=O)c1. The number of anilines is 1. The molecule has 1 aromatic heterocycles. The highest BCUT2D eigenvalue weighted by molar-refractivity contribution is 7.92. The predicted octanol–water partition coefficient (Wildman–Crippen LogP) is 1.91. The van der Waals surface area contributed by atoms with Crippen molar-refractivity contribution in [1.82, 2.24) is 15.1 Å². The number of rotatable bonds is 8. The first kappa shape index (κ1) is 18.0. The van der Waals surface area contributed by atoms with Crippen LogP contribution in [0.3, 0.4) is 0 Å². The molecular weight excluding hydrogens is 328 g/mol. The van der Waals surface area contributed by atoms with Gasteiger partial charge in [0.05, 0.1) is 12.3 Å². The normalized spacial score (nSPS) is 12.6. The molecule has 7 nitrogen and oxygen atoms in total.